The van der Waals surface area contributed by atoms with Gasteiger partial charge in [0.05, 0.1) is 6.61 Å². The molecule has 1 aliphatic heterocycles. The van der Waals surface area contributed by atoms with Gasteiger partial charge in [-0.3, -0.25) is 19.3 Å². The fourth-order valence-corrected chi connectivity index (χ4v) is 1.73. The molecular weight excluding hydrogens is 254 g/mol. The SMILES string of the molecule is O=C(CCCCN1C(=O)CCC1=O)OCC(O)CO. The largest absolute Gasteiger partial charge is 0.463 e. The van der Waals surface area contributed by atoms with Crippen LogP contribution >= 0.6 is 0 Å². The van der Waals surface area contributed by atoms with Gasteiger partial charge in [0, 0.05) is 25.8 Å². The zero-order chi connectivity index (χ0) is 14.3. The summed E-state index contributed by atoms with van der Waals surface area (Å²) in [5.41, 5.74) is 0. The average molecular weight is 273 g/mol. The molecule has 0 aromatic rings. The van der Waals surface area contributed by atoms with Crippen LogP contribution in [-0.2, 0) is 19.1 Å². The molecule has 2 N–H and O–H groups in total. The summed E-state index contributed by atoms with van der Waals surface area (Å²) >= 11 is 0. The first-order chi connectivity index (χ1) is 9.04. The number of esters is 1. The molecule has 0 aromatic carbocycles. The lowest BCUT2D eigenvalue weighted by molar-refractivity contribution is -0.147. The third-order valence-corrected chi connectivity index (χ3v) is 2.81. The summed E-state index contributed by atoms with van der Waals surface area (Å²) in [7, 11) is 0. The van der Waals surface area contributed by atoms with Crippen molar-refractivity contribution in [2.45, 2.75) is 38.2 Å². The number of amides is 2. The van der Waals surface area contributed by atoms with Crippen molar-refractivity contribution in [2.75, 3.05) is 19.8 Å². The molecular formula is C12H19NO6. The molecule has 0 saturated carbocycles. The van der Waals surface area contributed by atoms with E-state index in [4.69, 9.17) is 14.9 Å². The molecule has 7 nitrogen and oxygen atoms in total. The van der Waals surface area contributed by atoms with Crippen molar-refractivity contribution in [3.8, 4) is 0 Å². The third kappa shape index (κ3) is 5.35. The molecule has 19 heavy (non-hydrogen) atoms. The van der Waals surface area contributed by atoms with Crippen molar-refractivity contribution in [3.05, 3.63) is 0 Å². The quantitative estimate of drug-likeness (QED) is 0.341. The molecule has 1 unspecified atom stereocenters. The number of aliphatic hydroxyl groups is 2. The Labute approximate surface area is 111 Å². The monoisotopic (exact) mass is 273 g/mol. The first-order valence-electron chi connectivity index (χ1n) is 6.32. The van der Waals surface area contributed by atoms with Crippen LogP contribution in [0.2, 0.25) is 0 Å². The predicted molar refractivity (Wildman–Crippen MR) is 63.9 cm³/mol. The number of rotatable bonds is 8. The molecule has 0 aliphatic carbocycles. The fourth-order valence-electron chi connectivity index (χ4n) is 1.73. The molecule has 0 spiro atoms. The number of likely N-dealkylation sites (tertiary alicyclic amines) is 1. The highest BCUT2D eigenvalue weighted by molar-refractivity contribution is 6.01. The molecule has 1 fully saturated rings. The van der Waals surface area contributed by atoms with Crippen LogP contribution in [0.25, 0.3) is 0 Å². The molecule has 1 rings (SSSR count). The molecule has 1 atom stereocenters. The fraction of sp³-hybridized carbons (Fsp3) is 0.750. The smallest absolute Gasteiger partial charge is 0.305 e. The number of ether oxygens (including phenoxy) is 1. The van der Waals surface area contributed by atoms with Gasteiger partial charge in [0.15, 0.2) is 0 Å². The molecule has 0 bridgehead atoms. The van der Waals surface area contributed by atoms with Crippen molar-refractivity contribution in [3.63, 3.8) is 0 Å². The van der Waals surface area contributed by atoms with E-state index in [9.17, 15) is 14.4 Å². The predicted octanol–water partition coefficient (Wildman–Crippen LogP) is -0.798. The van der Waals surface area contributed by atoms with E-state index < -0.39 is 18.7 Å². The van der Waals surface area contributed by atoms with Gasteiger partial charge in [-0.25, -0.2) is 0 Å². The topological polar surface area (TPSA) is 104 Å². The van der Waals surface area contributed by atoms with E-state index in [2.05, 4.69) is 0 Å². The maximum Gasteiger partial charge on any atom is 0.305 e. The minimum atomic E-state index is -1.05. The Kier molecular flexibility index (Phi) is 6.44. The number of imide groups is 1. The molecule has 1 saturated heterocycles. The summed E-state index contributed by atoms with van der Waals surface area (Å²) in [4.78, 5) is 35.0. The van der Waals surface area contributed by atoms with E-state index in [0.29, 0.717) is 19.4 Å². The first-order valence-corrected chi connectivity index (χ1v) is 6.32. The van der Waals surface area contributed by atoms with Crippen LogP contribution in [0.5, 0.6) is 0 Å². The highest BCUT2D eigenvalue weighted by Gasteiger charge is 2.27. The lowest BCUT2D eigenvalue weighted by Crippen LogP contribution is -2.30. The van der Waals surface area contributed by atoms with Gasteiger partial charge in [-0.1, -0.05) is 0 Å². The van der Waals surface area contributed by atoms with Gasteiger partial charge in [0.2, 0.25) is 11.8 Å². The minimum Gasteiger partial charge on any atom is -0.463 e. The second-order valence-corrected chi connectivity index (χ2v) is 4.42. The molecule has 1 heterocycles. The highest BCUT2D eigenvalue weighted by Crippen LogP contribution is 2.12. The van der Waals surface area contributed by atoms with Crippen LogP contribution in [0.15, 0.2) is 0 Å². The van der Waals surface area contributed by atoms with Gasteiger partial charge in [-0.05, 0) is 12.8 Å². The zero-order valence-corrected chi connectivity index (χ0v) is 10.7. The van der Waals surface area contributed by atoms with Gasteiger partial charge in [-0.2, -0.15) is 0 Å². The number of carbonyl (C=O) groups is 3. The number of nitrogens with zero attached hydrogens (tertiary/aromatic N) is 1. The molecule has 108 valence electrons. The number of carbonyl (C=O) groups excluding carboxylic acids is 3. The Morgan fingerprint density at radius 3 is 2.47 bits per heavy atom. The highest BCUT2D eigenvalue weighted by atomic mass is 16.5. The summed E-state index contributed by atoms with van der Waals surface area (Å²) in [5.74, 6) is -0.774. The first kappa shape index (κ1) is 15.6. The van der Waals surface area contributed by atoms with Crippen LogP contribution in [0.3, 0.4) is 0 Å². The Bertz CT molecular complexity index is 327. The normalized spacial score (nSPS) is 16.8. The summed E-state index contributed by atoms with van der Waals surface area (Å²) < 4.78 is 4.71. The average Bonchev–Trinajstić information content (AvgIpc) is 2.71. The Morgan fingerprint density at radius 2 is 1.89 bits per heavy atom. The van der Waals surface area contributed by atoms with Gasteiger partial charge < -0.3 is 14.9 Å². The lowest BCUT2D eigenvalue weighted by Gasteiger charge is -2.13. The van der Waals surface area contributed by atoms with E-state index in [1.54, 1.807) is 0 Å². The van der Waals surface area contributed by atoms with Crippen LogP contribution in [0, 0.1) is 0 Å². The van der Waals surface area contributed by atoms with Crippen molar-refractivity contribution < 1.29 is 29.3 Å². The third-order valence-electron chi connectivity index (χ3n) is 2.81. The van der Waals surface area contributed by atoms with E-state index in [1.807, 2.05) is 0 Å². The van der Waals surface area contributed by atoms with Crippen molar-refractivity contribution in [2.24, 2.45) is 0 Å². The second kappa shape index (κ2) is 7.85. The van der Waals surface area contributed by atoms with E-state index in [0.717, 1.165) is 0 Å². The van der Waals surface area contributed by atoms with Crippen LogP contribution in [0.4, 0.5) is 0 Å². The molecule has 0 radical (unpaired) electrons. The Balaban J connectivity index is 2.09. The van der Waals surface area contributed by atoms with Crippen molar-refractivity contribution in [1.82, 2.24) is 4.90 Å². The maximum absolute atomic E-state index is 11.3. The standard InChI is InChI=1S/C12H19NO6/c14-7-9(15)8-19-12(18)3-1-2-6-13-10(16)4-5-11(13)17/h9,14-15H,1-8H2. The second-order valence-electron chi connectivity index (χ2n) is 4.42. The minimum absolute atomic E-state index is 0.154. The summed E-state index contributed by atoms with van der Waals surface area (Å²) in [6.45, 7) is -0.338. The summed E-state index contributed by atoms with van der Waals surface area (Å²) in [6.07, 6.45) is 0.720. The maximum atomic E-state index is 11.3. The molecule has 1 aliphatic rings. The Hall–Kier alpha value is -1.47. The van der Waals surface area contributed by atoms with Crippen LogP contribution in [0.1, 0.15) is 32.1 Å². The van der Waals surface area contributed by atoms with Crippen molar-refractivity contribution in [1.29, 1.82) is 0 Å². The zero-order valence-electron chi connectivity index (χ0n) is 10.7. The molecule has 2 amide bonds. The summed E-state index contributed by atoms with van der Waals surface area (Å²) in [6, 6.07) is 0. The van der Waals surface area contributed by atoms with E-state index >= 15 is 0 Å². The number of unbranched alkanes of at least 4 members (excludes halogenated alkanes) is 1. The van der Waals surface area contributed by atoms with Crippen LogP contribution < -0.4 is 0 Å². The van der Waals surface area contributed by atoms with Crippen molar-refractivity contribution >= 4 is 17.8 Å². The van der Waals surface area contributed by atoms with Gasteiger partial charge in [-0.15, -0.1) is 0 Å². The molecule has 0 aromatic heterocycles. The number of aliphatic hydroxyl groups excluding tert-OH is 2. The summed E-state index contributed by atoms with van der Waals surface area (Å²) in [5, 5.41) is 17.5. The van der Waals surface area contributed by atoms with Gasteiger partial charge in [0.1, 0.15) is 12.7 Å². The molecule has 7 heteroatoms. The van der Waals surface area contributed by atoms with E-state index in [-0.39, 0.29) is 37.7 Å². The van der Waals surface area contributed by atoms with Crippen LogP contribution in [-0.4, -0.2) is 58.8 Å². The van der Waals surface area contributed by atoms with Gasteiger partial charge in [0.25, 0.3) is 0 Å². The number of hydrogen-bond acceptors (Lipinski definition) is 6. The lowest BCUT2D eigenvalue weighted by atomic mass is 10.2. The van der Waals surface area contributed by atoms with Gasteiger partial charge >= 0.3 is 5.97 Å². The number of hydrogen-bond donors (Lipinski definition) is 2. The van der Waals surface area contributed by atoms with E-state index in [1.165, 1.54) is 4.90 Å². The Morgan fingerprint density at radius 1 is 1.26 bits per heavy atom.